The van der Waals surface area contributed by atoms with E-state index in [0.29, 0.717) is 41.2 Å². The average Bonchev–Trinajstić information content (AvgIpc) is 3.16. The van der Waals surface area contributed by atoms with E-state index in [2.05, 4.69) is 17.4 Å². The number of aliphatic hydroxyl groups is 1. The Bertz CT molecular complexity index is 1260. The molecule has 2 aliphatic carbocycles. The number of hydrogen-bond donors (Lipinski definition) is 3. The number of Topliss-reactive ketones (excluding diaryl/α,β-unsaturated/α-hetero) is 1. The molecule has 1 fully saturated rings. The summed E-state index contributed by atoms with van der Waals surface area (Å²) in [6, 6.07) is 13.9. The predicted molar refractivity (Wildman–Crippen MR) is 119 cm³/mol. The summed E-state index contributed by atoms with van der Waals surface area (Å²) < 4.78 is 11.3. The summed E-state index contributed by atoms with van der Waals surface area (Å²) >= 11 is 0. The standard InChI is InChI=1S/C26H24N2O5/c1-14(2)15-10-11-18-21(13-15)33-26(31)19-8-5-9-20(27)22(19)23(29)25(18,26)28-24(30)16-6-4-7-17(12-16)32-3/h7-8,10-14,31H,5,9,27H2,1-3H3,(H,28,30). The number of methoxy groups -OCH3 is 1. The maximum Gasteiger partial charge on any atom is 0.270 e. The summed E-state index contributed by atoms with van der Waals surface area (Å²) in [6.45, 7) is 4.07. The van der Waals surface area contributed by atoms with Crippen molar-refractivity contribution >= 4 is 11.7 Å². The second kappa shape index (κ2) is 7.12. The van der Waals surface area contributed by atoms with E-state index < -0.39 is 23.0 Å². The molecule has 0 radical (unpaired) electrons. The van der Waals surface area contributed by atoms with Crippen molar-refractivity contribution in [3.63, 3.8) is 0 Å². The van der Waals surface area contributed by atoms with E-state index in [0.717, 1.165) is 5.56 Å². The highest BCUT2D eigenvalue weighted by molar-refractivity contribution is 6.16. The van der Waals surface area contributed by atoms with Crippen LogP contribution < -0.4 is 20.5 Å². The lowest BCUT2D eigenvalue weighted by Crippen LogP contribution is -2.62. The number of carbonyl (C=O) groups excluding carboxylic acids is 2. The lowest BCUT2D eigenvalue weighted by Gasteiger charge is -2.34. The molecule has 168 valence electrons. The number of fused-ring (bicyclic) bond motifs is 5. The summed E-state index contributed by atoms with van der Waals surface area (Å²) in [6.07, 6.45) is 2.81. The SMILES string of the molecule is COc1cc#cc(C(=O)NC23C(=O)C4=C(N)CCC=C4C2(O)Oc2cc(C(C)C)ccc23)c1. The van der Waals surface area contributed by atoms with E-state index in [4.69, 9.17) is 15.2 Å². The van der Waals surface area contributed by atoms with Crippen molar-refractivity contribution in [3.8, 4) is 11.5 Å². The number of ether oxygens (including phenoxy) is 2. The monoisotopic (exact) mass is 444 g/mol. The molecule has 7 nitrogen and oxygen atoms in total. The van der Waals surface area contributed by atoms with Gasteiger partial charge in [0.25, 0.3) is 11.7 Å². The van der Waals surface area contributed by atoms with Crippen molar-refractivity contribution in [3.05, 3.63) is 82.1 Å². The Morgan fingerprint density at radius 1 is 1.33 bits per heavy atom. The quantitative estimate of drug-likeness (QED) is 0.669. The highest BCUT2D eigenvalue weighted by Gasteiger charge is 2.74. The third-order valence-electron chi connectivity index (χ3n) is 6.62. The Hall–Kier alpha value is -3.76. The molecule has 7 heteroatoms. The number of hydrogen-bond acceptors (Lipinski definition) is 6. The number of nitrogens with one attached hydrogen (secondary N) is 1. The molecular weight excluding hydrogens is 420 g/mol. The van der Waals surface area contributed by atoms with Crippen LogP contribution in [0.3, 0.4) is 0 Å². The van der Waals surface area contributed by atoms with Gasteiger partial charge in [-0.3, -0.25) is 9.59 Å². The Balaban J connectivity index is 1.71. The van der Waals surface area contributed by atoms with Crippen LogP contribution in [-0.4, -0.2) is 29.7 Å². The molecule has 1 saturated carbocycles. The zero-order valence-electron chi connectivity index (χ0n) is 18.6. The molecule has 1 amide bonds. The molecule has 1 aliphatic heterocycles. The fraction of sp³-hybridized carbons (Fsp3) is 0.308. The predicted octanol–water partition coefficient (Wildman–Crippen LogP) is 2.64. The van der Waals surface area contributed by atoms with E-state index in [9.17, 15) is 14.7 Å². The van der Waals surface area contributed by atoms with Gasteiger partial charge in [-0.25, -0.2) is 0 Å². The third kappa shape index (κ3) is 2.74. The number of rotatable bonds is 4. The molecule has 33 heavy (non-hydrogen) atoms. The van der Waals surface area contributed by atoms with Crippen molar-refractivity contribution in [2.45, 2.75) is 43.9 Å². The van der Waals surface area contributed by atoms with Crippen LogP contribution in [0.5, 0.6) is 11.5 Å². The molecule has 0 saturated heterocycles. The number of nitrogens with two attached hydrogens (primary N) is 1. The average molecular weight is 444 g/mol. The van der Waals surface area contributed by atoms with Gasteiger partial charge in [0, 0.05) is 34.5 Å². The Kier molecular flexibility index (Phi) is 4.56. The molecular formula is C26H24N2O5. The first-order valence-electron chi connectivity index (χ1n) is 10.8. The number of amides is 1. The summed E-state index contributed by atoms with van der Waals surface area (Å²) in [7, 11) is 1.47. The largest absolute Gasteiger partial charge is 0.496 e. The third-order valence-corrected chi connectivity index (χ3v) is 6.62. The van der Waals surface area contributed by atoms with Gasteiger partial charge in [-0.05, 0) is 30.4 Å². The van der Waals surface area contributed by atoms with Crippen LogP contribution in [0, 0.1) is 12.1 Å². The second-order valence-electron chi connectivity index (χ2n) is 8.82. The van der Waals surface area contributed by atoms with Gasteiger partial charge in [-0.2, -0.15) is 0 Å². The zero-order chi connectivity index (χ0) is 23.5. The zero-order valence-corrected chi connectivity index (χ0v) is 18.6. The molecule has 2 aromatic rings. The van der Waals surface area contributed by atoms with E-state index >= 15 is 0 Å². The summed E-state index contributed by atoms with van der Waals surface area (Å²) in [5, 5.41) is 14.7. The van der Waals surface area contributed by atoms with Crippen molar-refractivity contribution in [1.29, 1.82) is 0 Å². The Morgan fingerprint density at radius 2 is 2.12 bits per heavy atom. The van der Waals surface area contributed by atoms with Crippen molar-refractivity contribution in [2.24, 2.45) is 5.73 Å². The summed E-state index contributed by atoms with van der Waals surface area (Å²) in [4.78, 5) is 27.3. The van der Waals surface area contributed by atoms with Gasteiger partial charge in [-0.1, -0.05) is 44.2 Å². The second-order valence-corrected chi connectivity index (χ2v) is 8.82. The van der Waals surface area contributed by atoms with Crippen LogP contribution in [-0.2, 0) is 10.3 Å². The minimum Gasteiger partial charge on any atom is -0.496 e. The minimum atomic E-state index is -2.12. The van der Waals surface area contributed by atoms with Gasteiger partial charge >= 0.3 is 0 Å². The van der Waals surface area contributed by atoms with Crippen LogP contribution in [0.25, 0.3) is 0 Å². The first-order valence-corrected chi connectivity index (χ1v) is 10.8. The number of allylic oxidation sites excluding steroid dienone is 2. The molecule has 2 atom stereocenters. The lowest BCUT2D eigenvalue weighted by molar-refractivity contribution is -0.152. The molecule has 5 rings (SSSR count). The van der Waals surface area contributed by atoms with Crippen molar-refractivity contribution in [1.82, 2.24) is 5.32 Å². The van der Waals surface area contributed by atoms with Crippen LogP contribution in [0.4, 0.5) is 0 Å². The first kappa shape index (κ1) is 21.1. The molecule has 0 spiro atoms. The van der Waals surface area contributed by atoms with Crippen LogP contribution >= 0.6 is 0 Å². The molecule has 2 unspecified atom stereocenters. The summed E-state index contributed by atoms with van der Waals surface area (Å²) in [5.41, 5.74) is 6.67. The van der Waals surface area contributed by atoms with Gasteiger partial charge in [0.05, 0.1) is 12.7 Å². The van der Waals surface area contributed by atoms with Gasteiger partial charge in [0.1, 0.15) is 11.5 Å². The minimum absolute atomic E-state index is 0.108. The number of ketones is 1. The highest BCUT2D eigenvalue weighted by Crippen LogP contribution is 2.59. The van der Waals surface area contributed by atoms with Crippen molar-refractivity contribution in [2.75, 3.05) is 7.11 Å². The first-order chi connectivity index (χ1) is 15.7. The van der Waals surface area contributed by atoms with Crippen LogP contribution in [0.1, 0.15) is 54.1 Å². The molecule has 1 heterocycles. The molecule has 2 aromatic carbocycles. The topological polar surface area (TPSA) is 111 Å². The maximum atomic E-state index is 14.0. The fourth-order valence-electron chi connectivity index (χ4n) is 4.87. The van der Waals surface area contributed by atoms with Crippen molar-refractivity contribution < 1.29 is 24.2 Å². The Morgan fingerprint density at radius 3 is 2.85 bits per heavy atom. The highest BCUT2D eigenvalue weighted by atomic mass is 16.6. The van der Waals surface area contributed by atoms with Gasteiger partial charge in [0.15, 0.2) is 0 Å². The normalized spacial score (nSPS) is 25.0. The lowest BCUT2D eigenvalue weighted by atomic mass is 9.82. The van der Waals surface area contributed by atoms with E-state index in [-0.39, 0.29) is 17.1 Å². The van der Waals surface area contributed by atoms with Crippen LogP contribution in [0.15, 0.2) is 53.3 Å². The van der Waals surface area contributed by atoms with Gasteiger partial charge in [-0.15, -0.1) is 0 Å². The van der Waals surface area contributed by atoms with E-state index in [1.165, 1.54) is 13.2 Å². The Labute approximate surface area is 191 Å². The maximum absolute atomic E-state index is 14.0. The molecule has 0 aromatic heterocycles. The number of carbonyl (C=O) groups is 2. The summed E-state index contributed by atoms with van der Waals surface area (Å²) in [5.74, 6) is -2.28. The molecule has 0 bridgehead atoms. The fourth-order valence-corrected chi connectivity index (χ4v) is 4.87. The smallest absolute Gasteiger partial charge is 0.270 e. The van der Waals surface area contributed by atoms with Gasteiger partial charge < -0.3 is 25.6 Å². The number of benzene rings is 1. The van der Waals surface area contributed by atoms with Crippen LogP contribution in [0.2, 0.25) is 0 Å². The van der Waals surface area contributed by atoms with Gasteiger partial charge in [0.2, 0.25) is 11.3 Å². The molecule has 3 aliphatic rings. The molecule has 4 N–H and O–H groups in total. The van der Waals surface area contributed by atoms with E-state index in [1.54, 1.807) is 24.3 Å². The van der Waals surface area contributed by atoms with E-state index in [1.807, 2.05) is 19.9 Å².